The van der Waals surface area contributed by atoms with Gasteiger partial charge in [0, 0.05) is 31.3 Å². The molecule has 1 heterocycles. The van der Waals surface area contributed by atoms with Gasteiger partial charge >= 0.3 is 6.18 Å². The van der Waals surface area contributed by atoms with Gasteiger partial charge in [-0.05, 0) is 31.2 Å². The Morgan fingerprint density at radius 3 is 2.58 bits per heavy atom. The molecule has 1 aliphatic rings. The summed E-state index contributed by atoms with van der Waals surface area (Å²) in [5, 5.41) is 8.02. The molecule has 3 N–H and O–H groups in total. The number of halogens is 3. The Labute approximate surface area is 137 Å². The third-order valence-corrected chi connectivity index (χ3v) is 3.48. The van der Waals surface area contributed by atoms with Crippen LogP contribution < -0.4 is 16.0 Å². The first kappa shape index (κ1) is 18.0. The van der Waals surface area contributed by atoms with Crippen molar-refractivity contribution >= 4 is 17.5 Å². The lowest BCUT2D eigenvalue weighted by atomic mass is 10.1. The van der Waals surface area contributed by atoms with Gasteiger partial charge in [0.1, 0.15) is 0 Å². The van der Waals surface area contributed by atoms with E-state index < -0.39 is 23.6 Å². The number of amides is 2. The minimum Gasteiger partial charge on any atom is -0.348 e. The van der Waals surface area contributed by atoms with Crippen molar-refractivity contribution in [1.29, 1.82) is 0 Å². The minimum absolute atomic E-state index is 0.0662. The van der Waals surface area contributed by atoms with Crippen LogP contribution in [0.25, 0.3) is 0 Å². The molecule has 2 rings (SSSR count). The fourth-order valence-corrected chi connectivity index (χ4v) is 2.32. The second-order valence-electron chi connectivity index (χ2n) is 5.48. The Hall–Kier alpha value is -2.35. The van der Waals surface area contributed by atoms with Gasteiger partial charge < -0.3 is 16.0 Å². The molecule has 24 heavy (non-hydrogen) atoms. The lowest BCUT2D eigenvalue weighted by molar-refractivity contribution is -0.137. The highest BCUT2D eigenvalue weighted by Crippen LogP contribution is 2.32. The number of nitrogens with one attached hydrogen (secondary N) is 3. The zero-order valence-electron chi connectivity index (χ0n) is 13.1. The second-order valence-corrected chi connectivity index (χ2v) is 5.48. The first-order valence-electron chi connectivity index (χ1n) is 7.42. The van der Waals surface area contributed by atoms with Gasteiger partial charge in [-0.25, -0.2) is 0 Å². The molecule has 8 heteroatoms. The van der Waals surface area contributed by atoms with Crippen LogP contribution in [0.5, 0.6) is 0 Å². The number of carbonyl (C=O) groups excluding carboxylic acids is 2. The van der Waals surface area contributed by atoms with Gasteiger partial charge in [-0.3, -0.25) is 9.59 Å². The number of benzene rings is 1. The van der Waals surface area contributed by atoms with Gasteiger partial charge in [-0.1, -0.05) is 11.6 Å². The highest BCUT2D eigenvalue weighted by atomic mass is 19.4. The van der Waals surface area contributed by atoms with Crippen LogP contribution in [0.4, 0.5) is 18.9 Å². The van der Waals surface area contributed by atoms with Crippen LogP contribution >= 0.6 is 0 Å². The molecule has 1 aliphatic heterocycles. The first-order valence-corrected chi connectivity index (χ1v) is 7.42. The van der Waals surface area contributed by atoms with Crippen molar-refractivity contribution < 1.29 is 22.8 Å². The molecule has 0 radical (unpaired) electrons. The molecule has 0 atom stereocenters. The maximum Gasteiger partial charge on any atom is 0.416 e. The summed E-state index contributed by atoms with van der Waals surface area (Å²) in [5.41, 5.74) is -0.178. The maximum absolute atomic E-state index is 13.0. The van der Waals surface area contributed by atoms with Crippen molar-refractivity contribution in [3.05, 3.63) is 41.0 Å². The third-order valence-electron chi connectivity index (χ3n) is 3.48. The topological polar surface area (TPSA) is 70.2 Å². The fraction of sp³-hybridized carbons (Fsp3) is 0.375. The standard InChI is InChI=1S/C16H18F3N3O2/c1-10(23)22-14-7-12(6-13(8-14)16(17,18)19)15(24)21-9-11-2-4-20-5-3-11/h2,6-8,20H,3-5,9H2,1H3,(H,21,24)(H,22,23). The summed E-state index contributed by atoms with van der Waals surface area (Å²) in [6.07, 6.45) is -1.89. The number of hydrogen-bond acceptors (Lipinski definition) is 3. The minimum atomic E-state index is -4.61. The monoisotopic (exact) mass is 341 g/mol. The van der Waals surface area contributed by atoms with E-state index >= 15 is 0 Å². The van der Waals surface area contributed by atoms with Crippen molar-refractivity contribution in [1.82, 2.24) is 10.6 Å². The van der Waals surface area contributed by atoms with E-state index in [9.17, 15) is 22.8 Å². The molecular weight excluding hydrogens is 323 g/mol. The van der Waals surface area contributed by atoms with E-state index in [2.05, 4.69) is 16.0 Å². The van der Waals surface area contributed by atoms with Crippen molar-refractivity contribution in [2.24, 2.45) is 0 Å². The smallest absolute Gasteiger partial charge is 0.348 e. The average Bonchev–Trinajstić information content (AvgIpc) is 2.52. The molecule has 0 unspecified atom stereocenters. The number of rotatable bonds is 4. The maximum atomic E-state index is 13.0. The summed E-state index contributed by atoms with van der Waals surface area (Å²) in [4.78, 5) is 23.3. The average molecular weight is 341 g/mol. The Bertz CT molecular complexity index is 669. The lowest BCUT2D eigenvalue weighted by Gasteiger charge is -2.16. The van der Waals surface area contributed by atoms with E-state index in [1.807, 2.05) is 6.08 Å². The van der Waals surface area contributed by atoms with Crippen molar-refractivity contribution in [3.63, 3.8) is 0 Å². The van der Waals surface area contributed by atoms with E-state index in [-0.39, 0.29) is 17.8 Å². The molecule has 0 saturated carbocycles. The fourth-order valence-electron chi connectivity index (χ4n) is 2.32. The Balaban J connectivity index is 2.18. The van der Waals surface area contributed by atoms with Crippen LogP contribution in [-0.2, 0) is 11.0 Å². The largest absolute Gasteiger partial charge is 0.416 e. The van der Waals surface area contributed by atoms with Crippen LogP contribution in [0.3, 0.4) is 0 Å². The molecule has 0 saturated heterocycles. The van der Waals surface area contributed by atoms with Crippen LogP contribution in [0.1, 0.15) is 29.3 Å². The van der Waals surface area contributed by atoms with Gasteiger partial charge in [0.15, 0.2) is 0 Å². The molecule has 130 valence electrons. The number of hydrogen-bond donors (Lipinski definition) is 3. The Kier molecular flexibility index (Phi) is 5.61. The summed E-state index contributed by atoms with van der Waals surface area (Å²) in [6.45, 7) is 2.98. The van der Waals surface area contributed by atoms with E-state index in [1.165, 1.54) is 13.0 Å². The molecule has 2 amide bonds. The summed E-state index contributed by atoms with van der Waals surface area (Å²) in [5.74, 6) is -1.13. The molecule has 0 aromatic heterocycles. The SMILES string of the molecule is CC(=O)Nc1cc(C(=O)NCC2=CCNCC2)cc(C(F)(F)F)c1. The summed E-state index contributed by atoms with van der Waals surface area (Å²) in [7, 11) is 0. The van der Waals surface area contributed by atoms with Crippen LogP contribution in [0.2, 0.25) is 0 Å². The van der Waals surface area contributed by atoms with Crippen molar-refractivity contribution in [2.45, 2.75) is 19.5 Å². The zero-order valence-corrected chi connectivity index (χ0v) is 13.1. The van der Waals surface area contributed by atoms with Gasteiger partial charge in [0.2, 0.25) is 5.91 Å². The van der Waals surface area contributed by atoms with Crippen LogP contribution in [0, 0.1) is 0 Å². The van der Waals surface area contributed by atoms with Gasteiger partial charge in [0.05, 0.1) is 5.56 Å². The second kappa shape index (κ2) is 7.48. The highest BCUT2D eigenvalue weighted by molar-refractivity contribution is 5.97. The molecule has 0 aliphatic carbocycles. The van der Waals surface area contributed by atoms with E-state index in [0.29, 0.717) is 6.54 Å². The van der Waals surface area contributed by atoms with Crippen molar-refractivity contribution in [3.8, 4) is 0 Å². The van der Waals surface area contributed by atoms with Crippen molar-refractivity contribution in [2.75, 3.05) is 25.0 Å². The molecule has 5 nitrogen and oxygen atoms in total. The molecule has 1 aromatic rings. The van der Waals surface area contributed by atoms with Gasteiger partial charge in [0.25, 0.3) is 5.91 Å². The Morgan fingerprint density at radius 2 is 2.00 bits per heavy atom. The lowest BCUT2D eigenvalue weighted by Crippen LogP contribution is -2.30. The quantitative estimate of drug-likeness (QED) is 0.736. The molecule has 0 spiro atoms. The predicted molar refractivity (Wildman–Crippen MR) is 83.7 cm³/mol. The summed E-state index contributed by atoms with van der Waals surface area (Å²) in [6, 6.07) is 2.80. The van der Waals surface area contributed by atoms with E-state index in [1.54, 1.807) is 0 Å². The predicted octanol–water partition coefficient (Wildman–Crippen LogP) is 2.31. The van der Waals surface area contributed by atoms with Crippen LogP contribution in [0.15, 0.2) is 29.8 Å². The normalized spacial score (nSPS) is 14.8. The molecular formula is C16H18F3N3O2. The summed E-state index contributed by atoms with van der Waals surface area (Å²) < 4.78 is 38.9. The van der Waals surface area contributed by atoms with Crippen LogP contribution in [-0.4, -0.2) is 31.4 Å². The number of carbonyl (C=O) groups is 2. The van der Waals surface area contributed by atoms with E-state index in [0.717, 1.165) is 30.7 Å². The molecule has 1 aromatic carbocycles. The van der Waals surface area contributed by atoms with Gasteiger partial charge in [-0.15, -0.1) is 0 Å². The zero-order chi connectivity index (χ0) is 17.7. The van der Waals surface area contributed by atoms with E-state index in [4.69, 9.17) is 0 Å². The summed E-state index contributed by atoms with van der Waals surface area (Å²) >= 11 is 0. The number of alkyl halides is 3. The first-order chi connectivity index (χ1) is 11.3. The molecule has 0 fully saturated rings. The van der Waals surface area contributed by atoms with Gasteiger partial charge in [-0.2, -0.15) is 13.2 Å². The number of anilines is 1. The Morgan fingerprint density at radius 1 is 1.25 bits per heavy atom. The highest BCUT2D eigenvalue weighted by Gasteiger charge is 2.32. The molecule has 0 bridgehead atoms. The third kappa shape index (κ3) is 5.09.